The van der Waals surface area contributed by atoms with Gasteiger partial charge in [0.1, 0.15) is 12.1 Å². The number of anilines is 3. The number of carbonyl (C=O) groups is 1. The summed E-state index contributed by atoms with van der Waals surface area (Å²) in [6.45, 7) is 4.15. The number of hydrogen-bond donors (Lipinski definition) is 2. The Bertz CT molecular complexity index is 1090. The van der Waals surface area contributed by atoms with Crippen molar-refractivity contribution in [1.82, 2.24) is 15.4 Å². The summed E-state index contributed by atoms with van der Waals surface area (Å²) in [5, 5.41) is 11.8. The van der Waals surface area contributed by atoms with E-state index in [9.17, 15) is 19.3 Å². The molecule has 0 radical (unpaired) electrons. The van der Waals surface area contributed by atoms with E-state index in [0.717, 1.165) is 23.6 Å². The maximum atomic E-state index is 13.8. The van der Waals surface area contributed by atoms with Gasteiger partial charge in [-0.05, 0) is 43.7 Å². The largest absolute Gasteiger partial charge is 0.355 e. The lowest BCUT2D eigenvalue weighted by molar-refractivity contribution is -0.383. The first-order valence-corrected chi connectivity index (χ1v) is 9.06. The molecule has 3 rings (SSSR count). The Kier molecular flexibility index (Phi) is 6.16. The second-order valence-corrected chi connectivity index (χ2v) is 6.29. The van der Waals surface area contributed by atoms with Gasteiger partial charge >= 0.3 is 5.69 Å². The van der Waals surface area contributed by atoms with Crippen LogP contribution in [0.15, 0.2) is 54.9 Å². The van der Waals surface area contributed by atoms with Crippen molar-refractivity contribution >= 4 is 28.9 Å². The van der Waals surface area contributed by atoms with E-state index in [0.29, 0.717) is 6.54 Å². The zero-order valence-corrected chi connectivity index (χ0v) is 16.3. The number of nitrogens with one attached hydrogen (secondary N) is 2. The summed E-state index contributed by atoms with van der Waals surface area (Å²) in [5.41, 5.74) is 5.73. The number of nitrogens with zero attached hydrogens (tertiary/aromatic N) is 4. The van der Waals surface area contributed by atoms with E-state index in [2.05, 4.69) is 20.8 Å². The minimum absolute atomic E-state index is 0.0609. The summed E-state index contributed by atoms with van der Waals surface area (Å²) in [6.07, 6.45) is 1.15. The number of rotatable bonds is 7. The average Bonchev–Trinajstić information content (AvgIpc) is 2.73. The van der Waals surface area contributed by atoms with Crippen molar-refractivity contribution in [3.8, 4) is 0 Å². The molecule has 0 saturated heterocycles. The zero-order valence-electron chi connectivity index (χ0n) is 16.3. The molecule has 0 bridgehead atoms. The maximum absolute atomic E-state index is 13.8. The quantitative estimate of drug-likeness (QED) is 0.450. The van der Waals surface area contributed by atoms with Crippen molar-refractivity contribution in [2.75, 3.05) is 16.9 Å². The summed E-state index contributed by atoms with van der Waals surface area (Å²) in [7, 11) is 0. The fraction of sp³-hybridized carbons (Fsp3) is 0.150. The van der Waals surface area contributed by atoms with Crippen LogP contribution in [0.5, 0.6) is 0 Å². The van der Waals surface area contributed by atoms with E-state index >= 15 is 0 Å². The molecule has 154 valence electrons. The van der Waals surface area contributed by atoms with Crippen LogP contribution < -0.4 is 15.8 Å². The second-order valence-electron chi connectivity index (χ2n) is 6.29. The van der Waals surface area contributed by atoms with Gasteiger partial charge < -0.3 is 4.90 Å². The first-order chi connectivity index (χ1) is 14.4. The highest BCUT2D eigenvalue weighted by Crippen LogP contribution is 2.35. The third-order valence-corrected chi connectivity index (χ3v) is 4.28. The number of hydrazine groups is 1. The predicted molar refractivity (Wildman–Crippen MR) is 110 cm³/mol. The number of benzene rings is 2. The molecule has 0 aliphatic rings. The molecule has 0 atom stereocenters. The van der Waals surface area contributed by atoms with E-state index in [1.807, 2.05) is 38.1 Å². The average molecular weight is 410 g/mol. The number of aromatic nitrogens is 2. The number of halogens is 1. The number of carbonyl (C=O) groups excluding carboxylic acids is 1. The summed E-state index contributed by atoms with van der Waals surface area (Å²) in [4.78, 5) is 33.0. The molecule has 1 heterocycles. The monoisotopic (exact) mass is 410 g/mol. The molecular formula is C20H19FN6O3. The van der Waals surface area contributed by atoms with Crippen LogP contribution in [0, 0.1) is 22.9 Å². The van der Waals surface area contributed by atoms with Crippen LogP contribution in [-0.4, -0.2) is 27.3 Å². The molecule has 0 aliphatic heterocycles. The standard InChI is InChI=1S/C20H19FN6O3/c1-3-26(14-8-6-7-13(2)11-14)19-17(27(29)30)18(22-12-23-19)24-25-20(28)15-9-4-5-10-16(15)21/h4-12H,3H2,1-2H3,(H,25,28)(H,22,23,24). The molecule has 2 N–H and O–H groups in total. The molecule has 30 heavy (non-hydrogen) atoms. The van der Waals surface area contributed by atoms with Gasteiger partial charge in [-0.3, -0.25) is 25.8 Å². The molecular weight excluding hydrogens is 391 g/mol. The van der Waals surface area contributed by atoms with Gasteiger partial charge in [0.2, 0.25) is 11.6 Å². The minimum atomic E-state index is -0.798. The first-order valence-electron chi connectivity index (χ1n) is 9.06. The van der Waals surface area contributed by atoms with Gasteiger partial charge in [-0.1, -0.05) is 24.3 Å². The number of aryl methyl sites for hydroxylation is 1. The summed E-state index contributed by atoms with van der Waals surface area (Å²) in [5.74, 6) is -1.67. The zero-order chi connectivity index (χ0) is 21.7. The van der Waals surface area contributed by atoms with E-state index < -0.39 is 22.3 Å². The Hall–Kier alpha value is -4.08. The molecule has 2 aromatic carbocycles. The first kappa shape index (κ1) is 20.6. The van der Waals surface area contributed by atoms with Crippen molar-refractivity contribution in [3.63, 3.8) is 0 Å². The van der Waals surface area contributed by atoms with E-state index in [1.165, 1.54) is 18.2 Å². The summed E-state index contributed by atoms with van der Waals surface area (Å²) < 4.78 is 13.8. The van der Waals surface area contributed by atoms with Crippen molar-refractivity contribution in [2.45, 2.75) is 13.8 Å². The predicted octanol–water partition coefficient (Wildman–Crippen LogP) is 3.75. The lowest BCUT2D eigenvalue weighted by Gasteiger charge is -2.22. The molecule has 0 fully saturated rings. The van der Waals surface area contributed by atoms with Gasteiger partial charge in [0.25, 0.3) is 5.91 Å². The van der Waals surface area contributed by atoms with Crippen molar-refractivity contribution < 1.29 is 14.1 Å². The van der Waals surface area contributed by atoms with E-state index in [-0.39, 0.29) is 17.2 Å². The van der Waals surface area contributed by atoms with Crippen LogP contribution >= 0.6 is 0 Å². The Balaban J connectivity index is 1.94. The number of hydrogen-bond acceptors (Lipinski definition) is 7. The van der Waals surface area contributed by atoms with Gasteiger partial charge in [-0.25, -0.2) is 14.4 Å². The van der Waals surface area contributed by atoms with Crippen molar-refractivity contribution in [3.05, 3.63) is 81.9 Å². The van der Waals surface area contributed by atoms with Crippen LogP contribution in [-0.2, 0) is 0 Å². The highest BCUT2D eigenvalue weighted by Gasteiger charge is 2.28. The van der Waals surface area contributed by atoms with Gasteiger partial charge in [0, 0.05) is 12.2 Å². The van der Waals surface area contributed by atoms with Crippen LogP contribution in [0.1, 0.15) is 22.8 Å². The molecule has 0 spiro atoms. The smallest absolute Gasteiger partial charge is 0.321 e. The third kappa shape index (κ3) is 4.32. The normalized spacial score (nSPS) is 10.4. The molecule has 1 aromatic heterocycles. The Labute approximate surface area is 171 Å². The van der Waals surface area contributed by atoms with E-state index in [4.69, 9.17) is 0 Å². The van der Waals surface area contributed by atoms with Crippen molar-refractivity contribution in [1.29, 1.82) is 0 Å². The fourth-order valence-corrected chi connectivity index (χ4v) is 2.91. The molecule has 0 saturated carbocycles. The molecule has 0 unspecified atom stereocenters. The van der Waals surface area contributed by atoms with Crippen LogP contribution in [0.4, 0.5) is 27.4 Å². The molecule has 0 aliphatic carbocycles. The Morgan fingerprint density at radius 1 is 1.20 bits per heavy atom. The minimum Gasteiger partial charge on any atom is -0.321 e. The molecule has 9 nitrogen and oxygen atoms in total. The van der Waals surface area contributed by atoms with Crippen molar-refractivity contribution in [2.24, 2.45) is 0 Å². The lowest BCUT2D eigenvalue weighted by Crippen LogP contribution is -2.31. The van der Waals surface area contributed by atoms with Crippen LogP contribution in [0.25, 0.3) is 0 Å². The lowest BCUT2D eigenvalue weighted by atomic mass is 10.2. The summed E-state index contributed by atoms with van der Waals surface area (Å²) >= 11 is 0. The number of amides is 1. The Morgan fingerprint density at radius 2 is 1.97 bits per heavy atom. The highest BCUT2D eigenvalue weighted by molar-refractivity contribution is 5.95. The molecule has 1 amide bonds. The fourth-order valence-electron chi connectivity index (χ4n) is 2.91. The van der Waals surface area contributed by atoms with E-state index in [1.54, 1.807) is 4.90 Å². The molecule has 10 heteroatoms. The van der Waals surface area contributed by atoms with Crippen LogP contribution in [0.3, 0.4) is 0 Å². The van der Waals surface area contributed by atoms with Crippen LogP contribution in [0.2, 0.25) is 0 Å². The summed E-state index contributed by atoms with van der Waals surface area (Å²) in [6, 6.07) is 12.8. The maximum Gasteiger partial charge on any atom is 0.355 e. The van der Waals surface area contributed by atoms with Gasteiger partial charge in [-0.2, -0.15) is 0 Å². The number of nitro groups is 1. The SMILES string of the molecule is CCN(c1cccc(C)c1)c1ncnc(NNC(=O)c2ccccc2F)c1[N+](=O)[O-]. The highest BCUT2D eigenvalue weighted by atomic mass is 19.1. The Morgan fingerprint density at radius 3 is 2.63 bits per heavy atom. The van der Waals surface area contributed by atoms with Gasteiger partial charge in [0.15, 0.2) is 0 Å². The third-order valence-electron chi connectivity index (χ3n) is 4.28. The molecule has 3 aromatic rings. The van der Waals surface area contributed by atoms with Gasteiger partial charge in [-0.15, -0.1) is 0 Å². The topological polar surface area (TPSA) is 113 Å². The van der Waals surface area contributed by atoms with Gasteiger partial charge in [0.05, 0.1) is 10.5 Å². The second kappa shape index (κ2) is 8.95.